The number of nitrogens with zero attached hydrogens (tertiary/aromatic N) is 2. The van der Waals surface area contributed by atoms with Gasteiger partial charge in [0.25, 0.3) is 5.91 Å². The number of hydrogen-bond donors (Lipinski definition) is 0. The first-order valence-electron chi connectivity index (χ1n) is 6.28. The predicted octanol–water partition coefficient (Wildman–Crippen LogP) is 2.66. The molecule has 4 nitrogen and oxygen atoms in total. The Bertz CT molecular complexity index is 525. The normalized spacial score (nSPS) is 19.9. The fourth-order valence-electron chi connectivity index (χ4n) is 2.08. The van der Waals surface area contributed by atoms with Gasteiger partial charge in [0.1, 0.15) is 0 Å². The van der Waals surface area contributed by atoms with Crippen molar-refractivity contribution in [1.29, 1.82) is 5.26 Å². The lowest BCUT2D eigenvalue weighted by molar-refractivity contribution is -0.185. The molecule has 0 radical (unpaired) electrons. The highest BCUT2D eigenvalue weighted by Gasteiger charge is 2.37. The average molecular weight is 280 g/mol. The van der Waals surface area contributed by atoms with Gasteiger partial charge in [0.15, 0.2) is 0 Å². The number of alkyl halides is 2. The minimum absolute atomic E-state index is 0.312. The Labute approximate surface area is 115 Å². The summed E-state index contributed by atoms with van der Waals surface area (Å²) in [5.41, 5.74) is 1.28. The third kappa shape index (κ3) is 2.78. The number of rotatable bonds is 3. The first kappa shape index (κ1) is 14.4. The number of hydroxylamine groups is 2. The number of carbonyl (C=O) groups is 1. The van der Waals surface area contributed by atoms with Crippen LogP contribution in [0.4, 0.5) is 8.78 Å². The van der Waals surface area contributed by atoms with Gasteiger partial charge in [0.05, 0.1) is 30.2 Å². The molecule has 0 N–H and O–H groups in total. The molecule has 106 valence electrons. The number of benzene rings is 1. The average Bonchev–Trinajstić information content (AvgIpc) is 2.95. The Balaban J connectivity index is 2.18. The molecule has 1 aromatic carbocycles. The van der Waals surface area contributed by atoms with Crippen LogP contribution in [-0.4, -0.2) is 24.0 Å². The van der Waals surface area contributed by atoms with Crippen LogP contribution < -0.4 is 0 Å². The Morgan fingerprint density at radius 2 is 2.10 bits per heavy atom. The summed E-state index contributed by atoms with van der Waals surface area (Å²) in [5.74, 6) is -2.11. The second-order valence-corrected chi connectivity index (χ2v) is 4.66. The molecule has 0 spiro atoms. The van der Waals surface area contributed by atoms with E-state index in [9.17, 15) is 13.6 Å². The molecule has 0 bridgehead atoms. The summed E-state index contributed by atoms with van der Waals surface area (Å²) in [5, 5.41) is 9.79. The number of nitriles is 1. The summed E-state index contributed by atoms with van der Waals surface area (Å²) < 4.78 is 25.2. The van der Waals surface area contributed by atoms with E-state index in [-0.39, 0.29) is 6.04 Å². The van der Waals surface area contributed by atoms with Gasteiger partial charge in [0.2, 0.25) is 6.43 Å². The lowest BCUT2D eigenvalue weighted by Crippen LogP contribution is -2.36. The van der Waals surface area contributed by atoms with Crippen LogP contribution in [0.5, 0.6) is 0 Å². The van der Waals surface area contributed by atoms with Crippen molar-refractivity contribution in [3.05, 3.63) is 35.4 Å². The van der Waals surface area contributed by atoms with Crippen LogP contribution in [0.15, 0.2) is 24.3 Å². The molecule has 20 heavy (non-hydrogen) atoms. The van der Waals surface area contributed by atoms with Crippen LogP contribution >= 0.6 is 0 Å². The molecule has 1 amide bonds. The van der Waals surface area contributed by atoms with Gasteiger partial charge in [-0.3, -0.25) is 9.63 Å². The minimum Gasteiger partial charge on any atom is -0.272 e. The summed E-state index contributed by atoms with van der Waals surface area (Å²) >= 11 is 0. The molecule has 1 heterocycles. The summed E-state index contributed by atoms with van der Waals surface area (Å²) in [6.45, 7) is 1.50. The number of halogens is 2. The zero-order chi connectivity index (χ0) is 14.7. The largest absolute Gasteiger partial charge is 0.272 e. The zero-order valence-electron chi connectivity index (χ0n) is 10.9. The molecule has 1 aliphatic heterocycles. The van der Waals surface area contributed by atoms with Crippen LogP contribution in [0.1, 0.15) is 30.5 Å². The second-order valence-electron chi connectivity index (χ2n) is 4.66. The van der Waals surface area contributed by atoms with Crippen molar-refractivity contribution in [3.63, 3.8) is 0 Å². The van der Waals surface area contributed by atoms with Crippen molar-refractivity contribution in [2.24, 2.45) is 5.92 Å². The van der Waals surface area contributed by atoms with E-state index < -0.39 is 18.3 Å². The lowest BCUT2D eigenvalue weighted by atomic mass is 10.0. The number of hydrogen-bond acceptors (Lipinski definition) is 3. The first-order valence-corrected chi connectivity index (χ1v) is 6.28. The molecule has 0 aliphatic carbocycles. The van der Waals surface area contributed by atoms with Gasteiger partial charge in [-0.25, -0.2) is 13.8 Å². The van der Waals surface area contributed by atoms with E-state index in [4.69, 9.17) is 10.1 Å². The van der Waals surface area contributed by atoms with E-state index >= 15 is 0 Å². The molecule has 1 aromatic rings. The minimum atomic E-state index is -2.71. The number of amides is 1. The van der Waals surface area contributed by atoms with Gasteiger partial charge in [-0.1, -0.05) is 12.1 Å². The molecule has 0 aromatic heterocycles. The molecule has 1 saturated heterocycles. The van der Waals surface area contributed by atoms with Crippen LogP contribution in [0.25, 0.3) is 0 Å². The SMILES string of the molecule is CC(C(=O)N1OCCC1c1ccc(C#N)cc1)C(F)F. The highest BCUT2D eigenvalue weighted by molar-refractivity contribution is 5.78. The Hall–Kier alpha value is -2.00. The van der Waals surface area contributed by atoms with Crippen LogP contribution in [0, 0.1) is 17.2 Å². The Morgan fingerprint density at radius 3 is 2.65 bits per heavy atom. The topological polar surface area (TPSA) is 53.3 Å². The van der Waals surface area contributed by atoms with E-state index in [1.807, 2.05) is 6.07 Å². The van der Waals surface area contributed by atoms with Crippen molar-refractivity contribution in [3.8, 4) is 6.07 Å². The van der Waals surface area contributed by atoms with Crippen molar-refractivity contribution in [2.75, 3.05) is 6.61 Å². The molecule has 2 rings (SSSR count). The zero-order valence-corrected chi connectivity index (χ0v) is 10.9. The molecule has 1 aliphatic rings. The molecule has 0 saturated carbocycles. The smallest absolute Gasteiger partial charge is 0.255 e. The molecular weight excluding hydrogens is 266 g/mol. The van der Waals surface area contributed by atoms with E-state index in [1.54, 1.807) is 24.3 Å². The fraction of sp³-hybridized carbons (Fsp3) is 0.429. The van der Waals surface area contributed by atoms with E-state index in [1.165, 1.54) is 6.92 Å². The van der Waals surface area contributed by atoms with Crippen molar-refractivity contribution < 1.29 is 18.4 Å². The third-order valence-electron chi connectivity index (χ3n) is 3.31. The summed E-state index contributed by atoms with van der Waals surface area (Å²) in [6, 6.07) is 8.31. The van der Waals surface area contributed by atoms with Gasteiger partial charge in [-0.2, -0.15) is 5.26 Å². The Kier molecular flexibility index (Phi) is 4.30. The maximum atomic E-state index is 12.6. The molecule has 2 unspecified atom stereocenters. The van der Waals surface area contributed by atoms with Gasteiger partial charge < -0.3 is 0 Å². The van der Waals surface area contributed by atoms with Gasteiger partial charge >= 0.3 is 0 Å². The fourth-order valence-corrected chi connectivity index (χ4v) is 2.08. The van der Waals surface area contributed by atoms with Crippen LogP contribution in [0.2, 0.25) is 0 Å². The summed E-state index contributed by atoms with van der Waals surface area (Å²) in [6.07, 6.45) is -2.17. The van der Waals surface area contributed by atoms with Crippen LogP contribution in [0.3, 0.4) is 0 Å². The van der Waals surface area contributed by atoms with Gasteiger partial charge in [0, 0.05) is 6.42 Å². The molecule has 6 heteroatoms. The van der Waals surface area contributed by atoms with E-state index in [0.717, 1.165) is 10.6 Å². The Morgan fingerprint density at radius 1 is 1.45 bits per heavy atom. The first-order chi connectivity index (χ1) is 9.54. The summed E-state index contributed by atoms with van der Waals surface area (Å²) in [7, 11) is 0. The van der Waals surface area contributed by atoms with Crippen LogP contribution in [-0.2, 0) is 9.63 Å². The molecular formula is C14H14F2N2O2. The van der Waals surface area contributed by atoms with Crippen molar-refractivity contribution in [1.82, 2.24) is 5.06 Å². The van der Waals surface area contributed by atoms with E-state index in [0.29, 0.717) is 18.6 Å². The highest BCUT2D eigenvalue weighted by atomic mass is 19.3. The number of carbonyl (C=O) groups excluding carboxylic acids is 1. The van der Waals surface area contributed by atoms with E-state index in [2.05, 4.69) is 0 Å². The molecule has 2 atom stereocenters. The highest BCUT2D eigenvalue weighted by Crippen LogP contribution is 2.32. The quantitative estimate of drug-likeness (QED) is 0.855. The van der Waals surface area contributed by atoms with Crippen molar-refractivity contribution in [2.45, 2.75) is 25.8 Å². The maximum absolute atomic E-state index is 12.6. The second kappa shape index (κ2) is 5.97. The maximum Gasteiger partial charge on any atom is 0.255 e. The lowest BCUT2D eigenvalue weighted by Gasteiger charge is -2.25. The third-order valence-corrected chi connectivity index (χ3v) is 3.31. The molecule has 1 fully saturated rings. The van der Waals surface area contributed by atoms with Gasteiger partial charge in [-0.05, 0) is 24.6 Å². The predicted molar refractivity (Wildman–Crippen MR) is 66.5 cm³/mol. The van der Waals surface area contributed by atoms with Gasteiger partial charge in [-0.15, -0.1) is 0 Å². The van der Waals surface area contributed by atoms with Crippen molar-refractivity contribution >= 4 is 5.91 Å². The summed E-state index contributed by atoms with van der Waals surface area (Å²) in [4.78, 5) is 17.2. The monoisotopic (exact) mass is 280 g/mol. The standard InChI is InChI=1S/C14H14F2N2O2/c1-9(13(15)16)14(19)18-12(6-7-20-18)11-4-2-10(8-17)3-5-11/h2-5,9,12-13H,6-7H2,1H3.